The highest BCUT2D eigenvalue weighted by Crippen LogP contribution is 2.29. The van der Waals surface area contributed by atoms with E-state index >= 15 is 0 Å². The van der Waals surface area contributed by atoms with Gasteiger partial charge in [0.25, 0.3) is 0 Å². The zero-order chi connectivity index (χ0) is 13.0. The molecule has 0 unspecified atom stereocenters. The molecule has 96 valence electrons. The fourth-order valence-corrected chi connectivity index (χ4v) is 2.55. The third-order valence-corrected chi connectivity index (χ3v) is 3.99. The van der Waals surface area contributed by atoms with Gasteiger partial charge in [0.1, 0.15) is 0 Å². The van der Waals surface area contributed by atoms with E-state index in [1.165, 1.54) is 0 Å². The standard InChI is InChI=1S/C13H19Br2NO/c1-8(2)3-6-12(17)13(16)10-7-9(14)4-5-11(10)15/h4-5,7-8,12-13,17H,3,6,16H2,1-2H3/t12-,13+/m0/s1. The third kappa shape index (κ3) is 4.70. The molecule has 17 heavy (non-hydrogen) atoms. The van der Waals surface area contributed by atoms with Gasteiger partial charge in [0.15, 0.2) is 0 Å². The lowest BCUT2D eigenvalue weighted by atomic mass is 9.96. The summed E-state index contributed by atoms with van der Waals surface area (Å²) >= 11 is 6.89. The van der Waals surface area contributed by atoms with Crippen molar-refractivity contribution in [2.45, 2.75) is 38.8 Å². The molecule has 0 aliphatic carbocycles. The summed E-state index contributed by atoms with van der Waals surface area (Å²) in [6.45, 7) is 4.29. The normalized spacial score (nSPS) is 15.0. The monoisotopic (exact) mass is 363 g/mol. The van der Waals surface area contributed by atoms with Crippen LogP contribution >= 0.6 is 31.9 Å². The van der Waals surface area contributed by atoms with Crippen LogP contribution in [0, 0.1) is 5.92 Å². The molecule has 0 heterocycles. The third-order valence-electron chi connectivity index (χ3n) is 2.77. The SMILES string of the molecule is CC(C)CC[C@H](O)[C@H](N)c1cc(Br)ccc1Br. The van der Waals surface area contributed by atoms with Gasteiger partial charge in [-0.2, -0.15) is 0 Å². The molecule has 0 saturated carbocycles. The molecule has 0 fully saturated rings. The van der Waals surface area contributed by atoms with Crippen molar-refractivity contribution >= 4 is 31.9 Å². The second kappa shape index (κ2) is 6.88. The van der Waals surface area contributed by atoms with E-state index in [4.69, 9.17) is 5.73 Å². The Morgan fingerprint density at radius 1 is 1.24 bits per heavy atom. The summed E-state index contributed by atoms with van der Waals surface area (Å²) in [4.78, 5) is 0. The van der Waals surface area contributed by atoms with E-state index in [0.717, 1.165) is 27.4 Å². The summed E-state index contributed by atoms with van der Waals surface area (Å²) in [7, 11) is 0. The van der Waals surface area contributed by atoms with Crippen LogP contribution in [0.1, 0.15) is 38.3 Å². The molecule has 0 aromatic heterocycles. The van der Waals surface area contributed by atoms with Crippen LogP contribution in [0.2, 0.25) is 0 Å². The van der Waals surface area contributed by atoms with E-state index < -0.39 is 6.10 Å². The van der Waals surface area contributed by atoms with Crippen molar-refractivity contribution in [1.82, 2.24) is 0 Å². The number of aliphatic hydroxyl groups excluding tert-OH is 1. The van der Waals surface area contributed by atoms with Crippen LogP contribution in [0.4, 0.5) is 0 Å². The Bertz CT molecular complexity index is 368. The smallest absolute Gasteiger partial charge is 0.0733 e. The first-order valence-corrected chi connectivity index (χ1v) is 7.39. The Hall–Kier alpha value is 0.1000. The van der Waals surface area contributed by atoms with Crippen molar-refractivity contribution in [1.29, 1.82) is 0 Å². The summed E-state index contributed by atoms with van der Waals surface area (Å²) in [6.07, 6.45) is 1.22. The first-order valence-electron chi connectivity index (χ1n) is 5.80. The lowest BCUT2D eigenvalue weighted by molar-refractivity contribution is 0.128. The quantitative estimate of drug-likeness (QED) is 0.829. The highest BCUT2D eigenvalue weighted by Gasteiger charge is 2.19. The predicted octanol–water partition coefficient (Wildman–Crippen LogP) is 4.01. The molecule has 2 atom stereocenters. The van der Waals surface area contributed by atoms with Crippen molar-refractivity contribution in [3.63, 3.8) is 0 Å². The van der Waals surface area contributed by atoms with Gasteiger partial charge in [-0.15, -0.1) is 0 Å². The zero-order valence-corrected chi connectivity index (χ0v) is 13.3. The van der Waals surface area contributed by atoms with Crippen molar-refractivity contribution in [3.05, 3.63) is 32.7 Å². The molecule has 0 radical (unpaired) electrons. The maximum absolute atomic E-state index is 10.1. The fourth-order valence-electron chi connectivity index (χ4n) is 1.66. The van der Waals surface area contributed by atoms with Crippen LogP contribution < -0.4 is 5.73 Å². The number of aliphatic hydroxyl groups is 1. The van der Waals surface area contributed by atoms with Crippen molar-refractivity contribution in [2.24, 2.45) is 11.7 Å². The number of halogens is 2. The number of hydrogen-bond donors (Lipinski definition) is 2. The predicted molar refractivity (Wildman–Crippen MR) is 78.8 cm³/mol. The molecule has 3 N–H and O–H groups in total. The van der Waals surface area contributed by atoms with Gasteiger partial charge < -0.3 is 10.8 Å². The first-order chi connectivity index (χ1) is 7.91. The van der Waals surface area contributed by atoms with E-state index in [1.54, 1.807) is 0 Å². The minimum atomic E-state index is -0.497. The highest BCUT2D eigenvalue weighted by molar-refractivity contribution is 9.11. The molecule has 0 spiro atoms. The van der Waals surface area contributed by atoms with Gasteiger partial charge in [-0.3, -0.25) is 0 Å². The number of benzene rings is 1. The van der Waals surface area contributed by atoms with Gasteiger partial charge in [0, 0.05) is 8.95 Å². The van der Waals surface area contributed by atoms with Gasteiger partial charge >= 0.3 is 0 Å². The molecule has 1 rings (SSSR count). The molecular formula is C13H19Br2NO. The van der Waals surface area contributed by atoms with Crippen molar-refractivity contribution in [2.75, 3.05) is 0 Å². The fraction of sp³-hybridized carbons (Fsp3) is 0.538. The van der Waals surface area contributed by atoms with E-state index in [2.05, 4.69) is 45.7 Å². The van der Waals surface area contributed by atoms with Crippen LogP contribution in [0.3, 0.4) is 0 Å². The topological polar surface area (TPSA) is 46.2 Å². The molecule has 0 amide bonds. The second-order valence-electron chi connectivity index (χ2n) is 4.73. The Kier molecular flexibility index (Phi) is 6.13. The molecule has 0 aliphatic rings. The maximum Gasteiger partial charge on any atom is 0.0733 e. The van der Waals surface area contributed by atoms with Crippen LogP contribution in [-0.4, -0.2) is 11.2 Å². The van der Waals surface area contributed by atoms with Gasteiger partial charge in [-0.25, -0.2) is 0 Å². The van der Waals surface area contributed by atoms with Crippen LogP contribution in [-0.2, 0) is 0 Å². The van der Waals surface area contributed by atoms with E-state index in [0.29, 0.717) is 5.92 Å². The average Bonchev–Trinajstić information content (AvgIpc) is 2.28. The minimum absolute atomic E-state index is 0.347. The molecule has 4 heteroatoms. The lowest BCUT2D eigenvalue weighted by Crippen LogP contribution is -2.26. The number of hydrogen-bond acceptors (Lipinski definition) is 2. The molecule has 2 nitrogen and oxygen atoms in total. The van der Waals surface area contributed by atoms with Gasteiger partial charge in [0.05, 0.1) is 12.1 Å². The van der Waals surface area contributed by atoms with Gasteiger partial charge in [-0.05, 0) is 42.5 Å². The summed E-state index contributed by atoms with van der Waals surface area (Å²) < 4.78 is 1.92. The molecule has 0 bridgehead atoms. The van der Waals surface area contributed by atoms with Gasteiger partial charge in [-0.1, -0.05) is 45.7 Å². The zero-order valence-electron chi connectivity index (χ0n) is 10.2. The van der Waals surface area contributed by atoms with E-state index in [-0.39, 0.29) is 6.04 Å². The second-order valence-corrected chi connectivity index (χ2v) is 6.50. The molecular weight excluding hydrogens is 346 g/mol. The van der Waals surface area contributed by atoms with Crippen LogP contribution in [0.25, 0.3) is 0 Å². The van der Waals surface area contributed by atoms with E-state index in [9.17, 15) is 5.11 Å². The Labute approximate surface area is 120 Å². The maximum atomic E-state index is 10.1. The largest absolute Gasteiger partial charge is 0.391 e. The first kappa shape index (κ1) is 15.2. The number of nitrogens with two attached hydrogens (primary N) is 1. The highest BCUT2D eigenvalue weighted by atomic mass is 79.9. The number of rotatable bonds is 5. The van der Waals surface area contributed by atoms with E-state index in [1.807, 2.05) is 18.2 Å². The van der Waals surface area contributed by atoms with Gasteiger partial charge in [0.2, 0.25) is 0 Å². The van der Waals surface area contributed by atoms with Crippen molar-refractivity contribution in [3.8, 4) is 0 Å². The molecule has 1 aromatic carbocycles. The summed E-state index contributed by atoms with van der Waals surface area (Å²) in [5, 5.41) is 10.1. The minimum Gasteiger partial charge on any atom is -0.391 e. The summed E-state index contributed by atoms with van der Waals surface area (Å²) in [5.74, 6) is 0.586. The van der Waals surface area contributed by atoms with Crippen LogP contribution in [0.15, 0.2) is 27.1 Å². The molecule has 0 saturated heterocycles. The van der Waals surface area contributed by atoms with Crippen LogP contribution in [0.5, 0.6) is 0 Å². The van der Waals surface area contributed by atoms with Crippen molar-refractivity contribution < 1.29 is 5.11 Å². The summed E-state index contributed by atoms with van der Waals surface area (Å²) in [6, 6.07) is 5.49. The molecule has 1 aromatic rings. The Morgan fingerprint density at radius 2 is 1.88 bits per heavy atom. The summed E-state index contributed by atoms with van der Waals surface area (Å²) in [5.41, 5.74) is 7.03. The Morgan fingerprint density at radius 3 is 2.47 bits per heavy atom. The molecule has 0 aliphatic heterocycles. The average molecular weight is 365 g/mol. The Balaban J connectivity index is 2.74. The lowest BCUT2D eigenvalue weighted by Gasteiger charge is -2.21.